The topological polar surface area (TPSA) is 116 Å². The van der Waals surface area contributed by atoms with Gasteiger partial charge in [-0.2, -0.15) is 0 Å². The van der Waals surface area contributed by atoms with E-state index < -0.39 is 18.0 Å². The van der Waals surface area contributed by atoms with Crippen molar-refractivity contribution in [1.82, 2.24) is 10.6 Å². The van der Waals surface area contributed by atoms with Crippen LogP contribution in [0, 0.1) is 0 Å². The quantitative estimate of drug-likeness (QED) is 0.440. The van der Waals surface area contributed by atoms with E-state index >= 15 is 0 Å². The first-order chi connectivity index (χ1) is 7.52. The molecule has 0 radical (unpaired) electrons. The van der Waals surface area contributed by atoms with Crippen LogP contribution >= 0.6 is 0 Å². The van der Waals surface area contributed by atoms with Gasteiger partial charge in [0.15, 0.2) is 0 Å². The summed E-state index contributed by atoms with van der Waals surface area (Å²) in [5.41, 5.74) is 0. The van der Waals surface area contributed by atoms with Crippen molar-refractivity contribution in [2.75, 3.05) is 13.1 Å². The zero-order valence-corrected chi connectivity index (χ0v) is 8.86. The molecule has 16 heavy (non-hydrogen) atoms. The highest BCUT2D eigenvalue weighted by molar-refractivity contribution is 5.74. The minimum Gasteiger partial charge on any atom is -0.481 e. The number of carbonyl (C=O) groups excluding carboxylic acids is 1. The molecule has 0 aromatic heterocycles. The van der Waals surface area contributed by atoms with Gasteiger partial charge in [0.05, 0.1) is 0 Å². The molecular formula is C9H16N2O5. The fourth-order valence-corrected chi connectivity index (χ4v) is 0.946. The van der Waals surface area contributed by atoms with Crippen LogP contribution in [0.5, 0.6) is 0 Å². The molecule has 0 fully saturated rings. The third-order valence-electron chi connectivity index (χ3n) is 1.71. The number of aliphatic carboxylic acids is 2. The van der Waals surface area contributed by atoms with Gasteiger partial charge >= 0.3 is 18.0 Å². The van der Waals surface area contributed by atoms with Crippen molar-refractivity contribution in [3.63, 3.8) is 0 Å². The SMILES string of the molecule is O=C(O)CCCNC(=O)NCCCC(=O)O. The van der Waals surface area contributed by atoms with Gasteiger partial charge in [0.2, 0.25) is 0 Å². The van der Waals surface area contributed by atoms with E-state index in [1.807, 2.05) is 0 Å². The van der Waals surface area contributed by atoms with Crippen LogP contribution in [0.3, 0.4) is 0 Å². The fourth-order valence-electron chi connectivity index (χ4n) is 0.946. The zero-order chi connectivity index (χ0) is 12.4. The van der Waals surface area contributed by atoms with Crippen LogP contribution in [-0.4, -0.2) is 41.3 Å². The molecule has 7 heteroatoms. The van der Waals surface area contributed by atoms with Gasteiger partial charge < -0.3 is 20.8 Å². The predicted octanol–water partition coefficient (Wildman–Crippen LogP) is 0.0152. The van der Waals surface area contributed by atoms with Crippen LogP contribution in [0.2, 0.25) is 0 Å². The van der Waals surface area contributed by atoms with E-state index in [1.165, 1.54) is 0 Å². The highest BCUT2D eigenvalue weighted by Crippen LogP contribution is 1.87. The van der Waals surface area contributed by atoms with Gasteiger partial charge in [-0.15, -0.1) is 0 Å². The Balaban J connectivity index is 3.31. The molecule has 0 heterocycles. The fraction of sp³-hybridized carbons (Fsp3) is 0.667. The molecule has 2 amide bonds. The van der Waals surface area contributed by atoms with E-state index in [-0.39, 0.29) is 25.9 Å². The van der Waals surface area contributed by atoms with Crippen molar-refractivity contribution in [1.29, 1.82) is 0 Å². The maximum absolute atomic E-state index is 11.0. The summed E-state index contributed by atoms with van der Waals surface area (Å²) in [7, 11) is 0. The van der Waals surface area contributed by atoms with E-state index in [1.54, 1.807) is 0 Å². The third-order valence-corrected chi connectivity index (χ3v) is 1.71. The highest BCUT2D eigenvalue weighted by Gasteiger charge is 2.01. The van der Waals surface area contributed by atoms with Gasteiger partial charge in [-0.25, -0.2) is 4.79 Å². The smallest absolute Gasteiger partial charge is 0.314 e. The van der Waals surface area contributed by atoms with Crippen molar-refractivity contribution >= 4 is 18.0 Å². The van der Waals surface area contributed by atoms with E-state index in [9.17, 15) is 14.4 Å². The lowest BCUT2D eigenvalue weighted by molar-refractivity contribution is -0.138. The molecule has 0 aliphatic rings. The van der Waals surface area contributed by atoms with Crippen molar-refractivity contribution in [3.05, 3.63) is 0 Å². The Morgan fingerprint density at radius 1 is 0.812 bits per heavy atom. The Morgan fingerprint density at radius 3 is 1.50 bits per heavy atom. The summed E-state index contributed by atoms with van der Waals surface area (Å²) in [6.07, 6.45) is 0.772. The average molecular weight is 232 g/mol. The van der Waals surface area contributed by atoms with Gasteiger partial charge in [-0.05, 0) is 12.8 Å². The van der Waals surface area contributed by atoms with E-state index in [0.29, 0.717) is 12.8 Å². The summed E-state index contributed by atoms with van der Waals surface area (Å²) in [5, 5.41) is 21.6. The van der Waals surface area contributed by atoms with Crippen LogP contribution in [0.25, 0.3) is 0 Å². The molecule has 4 N–H and O–H groups in total. The summed E-state index contributed by atoms with van der Waals surface area (Å²) in [6.45, 7) is 0.578. The number of amides is 2. The highest BCUT2D eigenvalue weighted by atomic mass is 16.4. The second-order valence-electron chi connectivity index (χ2n) is 3.18. The van der Waals surface area contributed by atoms with Crippen LogP contribution < -0.4 is 10.6 Å². The summed E-state index contributed by atoms with van der Waals surface area (Å²) < 4.78 is 0. The number of carboxylic acids is 2. The average Bonchev–Trinajstić information content (AvgIpc) is 2.19. The Hall–Kier alpha value is -1.79. The van der Waals surface area contributed by atoms with Crippen LogP contribution in [0.4, 0.5) is 4.79 Å². The minimum absolute atomic E-state index is 0.0132. The van der Waals surface area contributed by atoms with E-state index in [0.717, 1.165) is 0 Å². The molecule has 0 rings (SSSR count). The van der Waals surface area contributed by atoms with Gasteiger partial charge in [-0.1, -0.05) is 0 Å². The Labute approximate surface area is 92.8 Å². The molecule has 0 saturated heterocycles. The molecule has 0 bridgehead atoms. The molecule has 0 aromatic carbocycles. The van der Waals surface area contributed by atoms with Gasteiger partial charge in [-0.3, -0.25) is 9.59 Å². The standard InChI is InChI=1S/C9H16N2O5/c12-7(13)3-1-5-10-9(16)11-6-2-4-8(14)15/h1-6H2,(H,12,13)(H,14,15)(H2,10,11,16). The molecular weight excluding hydrogens is 216 g/mol. The predicted molar refractivity (Wildman–Crippen MR) is 55.1 cm³/mol. The number of nitrogens with one attached hydrogen (secondary N) is 2. The Kier molecular flexibility index (Phi) is 7.56. The van der Waals surface area contributed by atoms with Gasteiger partial charge in [0.25, 0.3) is 0 Å². The van der Waals surface area contributed by atoms with Crippen molar-refractivity contribution in [2.45, 2.75) is 25.7 Å². The lowest BCUT2D eigenvalue weighted by Gasteiger charge is -2.05. The molecule has 0 aromatic rings. The molecule has 0 atom stereocenters. The molecule has 0 unspecified atom stereocenters. The van der Waals surface area contributed by atoms with Gasteiger partial charge in [0, 0.05) is 25.9 Å². The normalized spacial score (nSPS) is 9.50. The molecule has 92 valence electrons. The number of hydrogen-bond acceptors (Lipinski definition) is 3. The maximum atomic E-state index is 11.0. The second kappa shape index (κ2) is 8.51. The summed E-state index contributed by atoms with van der Waals surface area (Å²) in [6, 6.07) is -0.407. The molecule has 0 aliphatic carbocycles. The third kappa shape index (κ3) is 10.3. The molecule has 7 nitrogen and oxygen atoms in total. The first kappa shape index (κ1) is 14.2. The van der Waals surface area contributed by atoms with Crippen molar-refractivity contribution < 1.29 is 24.6 Å². The monoisotopic (exact) mass is 232 g/mol. The summed E-state index contributed by atoms with van der Waals surface area (Å²) in [5.74, 6) is -1.80. The van der Waals surface area contributed by atoms with E-state index in [2.05, 4.69) is 10.6 Å². The zero-order valence-electron chi connectivity index (χ0n) is 8.86. The number of urea groups is 1. The number of hydrogen-bond donors (Lipinski definition) is 4. The lowest BCUT2D eigenvalue weighted by Crippen LogP contribution is -2.36. The molecule has 0 spiro atoms. The second-order valence-corrected chi connectivity index (χ2v) is 3.18. The van der Waals surface area contributed by atoms with Crippen molar-refractivity contribution in [2.24, 2.45) is 0 Å². The molecule has 0 aliphatic heterocycles. The number of rotatable bonds is 8. The number of carbonyl (C=O) groups is 3. The Morgan fingerprint density at radius 2 is 1.19 bits per heavy atom. The summed E-state index contributed by atoms with van der Waals surface area (Å²) >= 11 is 0. The minimum atomic E-state index is -0.899. The first-order valence-electron chi connectivity index (χ1n) is 4.97. The van der Waals surface area contributed by atoms with Crippen LogP contribution in [-0.2, 0) is 9.59 Å². The Bertz CT molecular complexity index is 230. The van der Waals surface area contributed by atoms with E-state index in [4.69, 9.17) is 10.2 Å². The largest absolute Gasteiger partial charge is 0.481 e. The maximum Gasteiger partial charge on any atom is 0.314 e. The lowest BCUT2D eigenvalue weighted by atomic mass is 10.3. The summed E-state index contributed by atoms with van der Waals surface area (Å²) in [4.78, 5) is 31.3. The van der Waals surface area contributed by atoms with Gasteiger partial charge in [0.1, 0.15) is 0 Å². The van der Waals surface area contributed by atoms with Crippen LogP contribution in [0.1, 0.15) is 25.7 Å². The first-order valence-corrected chi connectivity index (χ1v) is 4.97. The number of carboxylic acid groups (broad SMARTS) is 2. The van der Waals surface area contributed by atoms with Crippen LogP contribution in [0.15, 0.2) is 0 Å². The van der Waals surface area contributed by atoms with Crippen molar-refractivity contribution in [3.8, 4) is 0 Å². The molecule has 0 saturated carbocycles.